The second-order valence-corrected chi connectivity index (χ2v) is 6.93. The molecule has 2 aliphatic rings. The lowest BCUT2D eigenvalue weighted by Gasteiger charge is -2.35. The summed E-state index contributed by atoms with van der Waals surface area (Å²) in [6.45, 7) is 5.53. The van der Waals surface area contributed by atoms with Gasteiger partial charge in [0.2, 0.25) is 0 Å². The molecule has 2 aliphatic heterocycles. The number of carbonyl (C=O) groups is 2. The Bertz CT molecular complexity index is 673. The van der Waals surface area contributed by atoms with E-state index in [9.17, 15) is 9.59 Å². The molecule has 2 N–H and O–H groups in total. The lowest BCUT2D eigenvalue weighted by Crippen LogP contribution is -2.65. The molecule has 1 aromatic rings. The molecule has 2 heterocycles. The second kappa shape index (κ2) is 7.13. The van der Waals surface area contributed by atoms with Crippen LogP contribution in [0.25, 0.3) is 0 Å². The predicted molar refractivity (Wildman–Crippen MR) is 96.0 cm³/mol. The molecular weight excluding hydrogens is 318 g/mol. The van der Waals surface area contributed by atoms with Crippen molar-refractivity contribution in [3.8, 4) is 0 Å². The minimum absolute atomic E-state index is 0.269. The van der Waals surface area contributed by atoms with Crippen LogP contribution in [0, 0.1) is 5.92 Å². The van der Waals surface area contributed by atoms with E-state index >= 15 is 0 Å². The molecule has 0 radical (unpaired) electrons. The molecule has 0 saturated carbocycles. The zero-order chi connectivity index (χ0) is 18.0. The van der Waals surface area contributed by atoms with Crippen LogP contribution in [0.2, 0.25) is 0 Å². The van der Waals surface area contributed by atoms with Gasteiger partial charge in [0.25, 0.3) is 5.91 Å². The van der Waals surface area contributed by atoms with Crippen molar-refractivity contribution in [3.63, 3.8) is 0 Å². The number of hydrogen-bond donors (Lipinski definition) is 2. The molecule has 2 saturated heterocycles. The lowest BCUT2D eigenvalue weighted by molar-refractivity contribution is -0.127. The van der Waals surface area contributed by atoms with E-state index in [2.05, 4.69) is 41.6 Å². The molecule has 7 nitrogen and oxygen atoms in total. The maximum atomic E-state index is 12.4. The zero-order valence-electron chi connectivity index (χ0n) is 14.9. The number of guanidine groups is 1. The van der Waals surface area contributed by atoms with Crippen molar-refractivity contribution in [1.29, 1.82) is 0 Å². The molecular formula is C18H25N5O2. The molecule has 134 valence electrons. The van der Waals surface area contributed by atoms with E-state index in [1.54, 1.807) is 7.05 Å². The molecule has 1 aromatic carbocycles. The minimum Gasteiger partial charge on any atom is -0.334 e. The van der Waals surface area contributed by atoms with Crippen molar-refractivity contribution in [2.75, 3.05) is 20.1 Å². The smallest absolute Gasteiger partial charge is 0.325 e. The summed E-state index contributed by atoms with van der Waals surface area (Å²) in [6, 6.07) is 9.35. The first-order valence-electron chi connectivity index (χ1n) is 8.66. The number of aliphatic imine (C=N–C) groups is 1. The van der Waals surface area contributed by atoms with Crippen LogP contribution in [-0.4, -0.2) is 60.0 Å². The fraction of sp³-hybridized carbons (Fsp3) is 0.500. The van der Waals surface area contributed by atoms with Gasteiger partial charge in [-0.25, -0.2) is 4.79 Å². The highest BCUT2D eigenvalue weighted by Gasteiger charge is 2.49. The maximum absolute atomic E-state index is 12.4. The fourth-order valence-electron chi connectivity index (χ4n) is 3.25. The summed E-state index contributed by atoms with van der Waals surface area (Å²) in [5.74, 6) is 0.793. The zero-order valence-corrected chi connectivity index (χ0v) is 14.9. The molecule has 2 unspecified atom stereocenters. The average Bonchev–Trinajstić information content (AvgIpc) is 2.92. The van der Waals surface area contributed by atoms with Crippen molar-refractivity contribution >= 4 is 17.9 Å². The van der Waals surface area contributed by atoms with Gasteiger partial charge in [-0.1, -0.05) is 44.2 Å². The van der Waals surface area contributed by atoms with Gasteiger partial charge in [0.15, 0.2) is 12.0 Å². The van der Waals surface area contributed by atoms with E-state index in [1.807, 2.05) is 23.1 Å². The van der Waals surface area contributed by atoms with E-state index in [4.69, 9.17) is 0 Å². The summed E-state index contributed by atoms with van der Waals surface area (Å²) < 4.78 is 0. The van der Waals surface area contributed by atoms with Crippen LogP contribution in [0.3, 0.4) is 0 Å². The number of carbonyl (C=O) groups excluding carboxylic acids is 2. The summed E-state index contributed by atoms with van der Waals surface area (Å²) in [5, 5.41) is 5.68. The molecule has 0 aromatic heterocycles. The van der Waals surface area contributed by atoms with Crippen LogP contribution in [0.15, 0.2) is 35.3 Å². The molecule has 2 fully saturated rings. The number of imide groups is 1. The predicted octanol–water partition coefficient (Wildman–Crippen LogP) is 1.02. The number of hydrogen-bond acceptors (Lipinski definition) is 3. The molecule has 0 aliphatic carbocycles. The van der Waals surface area contributed by atoms with Gasteiger partial charge in [0.05, 0.1) is 0 Å². The quantitative estimate of drug-likeness (QED) is 0.837. The summed E-state index contributed by atoms with van der Waals surface area (Å²) in [6.07, 6.45) is 0.452. The highest BCUT2D eigenvalue weighted by molar-refractivity contribution is 6.04. The lowest BCUT2D eigenvalue weighted by atomic mass is 10.1. The van der Waals surface area contributed by atoms with Crippen molar-refractivity contribution in [2.45, 2.75) is 32.5 Å². The van der Waals surface area contributed by atoms with Crippen LogP contribution < -0.4 is 10.6 Å². The molecule has 3 amide bonds. The number of likely N-dealkylation sites (N-methyl/N-ethyl adjacent to an activating group) is 1. The molecule has 2 atom stereocenters. The Labute approximate surface area is 148 Å². The fourth-order valence-corrected chi connectivity index (χ4v) is 3.25. The Morgan fingerprint density at radius 1 is 1.20 bits per heavy atom. The largest absolute Gasteiger partial charge is 0.334 e. The second-order valence-electron chi connectivity index (χ2n) is 6.93. The van der Waals surface area contributed by atoms with Crippen LogP contribution in [0.5, 0.6) is 0 Å². The van der Waals surface area contributed by atoms with E-state index in [0.29, 0.717) is 25.0 Å². The Morgan fingerprint density at radius 3 is 2.60 bits per heavy atom. The number of nitrogens with zero attached hydrogens (tertiary/aromatic N) is 3. The van der Waals surface area contributed by atoms with Crippen LogP contribution >= 0.6 is 0 Å². The maximum Gasteiger partial charge on any atom is 0.325 e. The SMILES string of the molecule is CC(C)CN1C(=NCCc2ccccc2)NC2C1C(=O)NC(=O)N2C. The van der Waals surface area contributed by atoms with E-state index in [-0.39, 0.29) is 18.1 Å². The minimum atomic E-state index is -0.444. The van der Waals surface area contributed by atoms with Gasteiger partial charge < -0.3 is 15.1 Å². The number of nitrogens with one attached hydrogen (secondary N) is 2. The number of rotatable bonds is 5. The van der Waals surface area contributed by atoms with Crippen molar-refractivity contribution < 1.29 is 9.59 Å². The standard InChI is InChI=1S/C18H25N5O2/c1-12(2)11-23-14-15(22(3)18(25)21-16(14)24)20-17(23)19-10-9-13-7-5-4-6-8-13/h4-8,12,14-15H,9-11H2,1-3H3,(H,19,20)(H,21,24,25). The first kappa shape index (κ1) is 17.3. The number of urea groups is 1. The summed E-state index contributed by atoms with van der Waals surface area (Å²) in [4.78, 5) is 32.4. The topological polar surface area (TPSA) is 77.0 Å². The molecule has 7 heteroatoms. The normalized spacial score (nSPS) is 24.6. The Kier molecular flexibility index (Phi) is 4.92. The molecule has 3 rings (SSSR count). The summed E-state index contributed by atoms with van der Waals surface area (Å²) in [5.41, 5.74) is 1.22. The van der Waals surface area contributed by atoms with E-state index in [0.717, 1.165) is 6.42 Å². The van der Waals surface area contributed by atoms with Crippen molar-refractivity contribution in [2.24, 2.45) is 10.9 Å². The van der Waals surface area contributed by atoms with Crippen LogP contribution in [0.1, 0.15) is 19.4 Å². The van der Waals surface area contributed by atoms with Crippen molar-refractivity contribution in [3.05, 3.63) is 35.9 Å². The van der Waals surface area contributed by atoms with Gasteiger partial charge in [-0.2, -0.15) is 0 Å². The average molecular weight is 343 g/mol. The third-order valence-corrected chi connectivity index (χ3v) is 4.49. The van der Waals surface area contributed by atoms with Gasteiger partial charge in [-0.15, -0.1) is 0 Å². The molecule has 0 spiro atoms. The number of benzene rings is 1. The summed E-state index contributed by atoms with van der Waals surface area (Å²) >= 11 is 0. The summed E-state index contributed by atoms with van der Waals surface area (Å²) in [7, 11) is 1.69. The van der Waals surface area contributed by atoms with Gasteiger partial charge in [0.1, 0.15) is 6.17 Å². The third kappa shape index (κ3) is 3.60. The van der Waals surface area contributed by atoms with Crippen molar-refractivity contribution in [1.82, 2.24) is 20.4 Å². The van der Waals surface area contributed by atoms with E-state index < -0.39 is 6.04 Å². The highest BCUT2D eigenvalue weighted by atomic mass is 16.2. The number of fused-ring (bicyclic) bond motifs is 1. The van der Waals surface area contributed by atoms with Crippen LogP contribution in [0.4, 0.5) is 4.79 Å². The molecule has 25 heavy (non-hydrogen) atoms. The Balaban J connectivity index is 1.78. The number of amides is 3. The monoisotopic (exact) mass is 343 g/mol. The Hall–Kier alpha value is -2.57. The first-order valence-corrected chi connectivity index (χ1v) is 8.66. The highest BCUT2D eigenvalue weighted by Crippen LogP contribution is 2.21. The third-order valence-electron chi connectivity index (χ3n) is 4.49. The van der Waals surface area contributed by atoms with Gasteiger partial charge >= 0.3 is 6.03 Å². The van der Waals surface area contributed by atoms with Gasteiger partial charge in [0, 0.05) is 20.1 Å². The van der Waals surface area contributed by atoms with Gasteiger partial charge in [-0.3, -0.25) is 15.1 Å². The Morgan fingerprint density at radius 2 is 1.92 bits per heavy atom. The first-order chi connectivity index (χ1) is 12.0. The molecule has 0 bridgehead atoms. The van der Waals surface area contributed by atoms with Crippen LogP contribution in [-0.2, 0) is 11.2 Å². The van der Waals surface area contributed by atoms with Gasteiger partial charge in [-0.05, 0) is 17.9 Å². The van der Waals surface area contributed by atoms with E-state index in [1.165, 1.54) is 10.5 Å².